The van der Waals surface area contributed by atoms with Gasteiger partial charge in [-0.25, -0.2) is 4.79 Å². The van der Waals surface area contributed by atoms with E-state index in [2.05, 4.69) is 118 Å². The zero-order chi connectivity index (χ0) is 37.0. The van der Waals surface area contributed by atoms with Crippen LogP contribution in [0.25, 0.3) is 11.0 Å². The summed E-state index contributed by atoms with van der Waals surface area (Å²) in [4.78, 5) is 16.5. The number of piperidine rings is 1. The zero-order valence-electron chi connectivity index (χ0n) is 32.5. The maximum absolute atomic E-state index is 12.5. The molecule has 1 amide bonds. The van der Waals surface area contributed by atoms with Crippen molar-refractivity contribution in [3.63, 3.8) is 0 Å². The van der Waals surface area contributed by atoms with Gasteiger partial charge in [-0.15, -0.1) is 0 Å². The molecule has 1 saturated heterocycles. The Morgan fingerprint density at radius 2 is 1.58 bits per heavy atom. The number of amides is 1. The summed E-state index contributed by atoms with van der Waals surface area (Å²) in [5.41, 5.74) is 2.38. The molecular formula is C43H58N3O5Si. The van der Waals surface area contributed by atoms with E-state index < -0.39 is 14.6 Å². The van der Waals surface area contributed by atoms with E-state index in [-0.39, 0.29) is 17.6 Å². The summed E-state index contributed by atoms with van der Waals surface area (Å²) in [7, 11) is 2.72. The maximum atomic E-state index is 12.5. The molecule has 4 aromatic rings. The lowest BCUT2D eigenvalue weighted by Crippen LogP contribution is -2.50. The molecule has 279 valence electrons. The molecule has 3 atom stereocenters. The Morgan fingerprint density at radius 1 is 0.942 bits per heavy atom. The molecule has 52 heavy (non-hydrogen) atoms. The number of aromatic nitrogens is 1. The van der Waals surface area contributed by atoms with Crippen LogP contribution in [0.15, 0.2) is 77.3 Å². The monoisotopic (exact) mass is 724 g/mol. The smallest absolute Gasteiger partial charge is 0.410 e. The van der Waals surface area contributed by atoms with Crippen LogP contribution in [0.2, 0.25) is 0 Å². The number of aryl methyl sites for hydroxylation is 1. The fraction of sp³-hybridized carbons (Fsp3) is 0.535. The molecule has 1 unspecified atom stereocenters. The number of benzene rings is 3. The van der Waals surface area contributed by atoms with Gasteiger partial charge in [0.05, 0.1) is 24.0 Å². The molecular weight excluding hydrogens is 667 g/mol. The molecule has 1 aliphatic heterocycles. The fourth-order valence-electron chi connectivity index (χ4n) is 7.49. The summed E-state index contributed by atoms with van der Waals surface area (Å²) in [5.74, 6) is 2.27. The van der Waals surface area contributed by atoms with Gasteiger partial charge in [0.25, 0.3) is 9.04 Å². The van der Waals surface area contributed by atoms with Crippen LogP contribution in [0, 0.1) is 23.2 Å². The Labute approximate surface area is 312 Å². The first-order valence-electron chi connectivity index (χ1n) is 19.1. The summed E-state index contributed by atoms with van der Waals surface area (Å²) in [6.07, 6.45) is 4.81. The largest absolute Gasteiger partial charge is 0.493 e. The molecule has 9 heteroatoms. The quantitative estimate of drug-likeness (QED) is 0.131. The molecule has 2 heterocycles. The predicted molar refractivity (Wildman–Crippen MR) is 210 cm³/mol. The molecule has 6 rings (SSSR count). The molecule has 0 N–H and O–H groups in total. The highest BCUT2D eigenvalue weighted by Gasteiger charge is 2.49. The predicted octanol–water partition coefficient (Wildman–Crippen LogP) is 7.72. The number of ether oxygens (including phenoxy) is 2. The average Bonchev–Trinajstić information content (AvgIpc) is 3.74. The van der Waals surface area contributed by atoms with Crippen molar-refractivity contribution in [3.05, 3.63) is 84.1 Å². The van der Waals surface area contributed by atoms with Gasteiger partial charge in [-0.05, 0) is 113 Å². The van der Waals surface area contributed by atoms with Gasteiger partial charge in [0.2, 0.25) is 0 Å². The number of carbonyl (C=O) groups is 1. The van der Waals surface area contributed by atoms with Gasteiger partial charge >= 0.3 is 6.09 Å². The molecule has 0 spiro atoms. The lowest BCUT2D eigenvalue weighted by molar-refractivity contribution is 0.0181. The third-order valence-corrected chi connectivity index (χ3v) is 12.5. The normalized spacial score (nSPS) is 19.0. The SMILES string of the molecule is CN(C)Cc1c(OC[C@@H]2C[C@@H]2C(O[Si](c2ccccc2)c2ccccc2)C(C)(C)C)ccc2c(CCC3CCN(C(=O)OC(C)(C)C)CC3)noc12. The Kier molecular flexibility index (Phi) is 11.8. The van der Waals surface area contributed by atoms with Crippen molar-refractivity contribution in [1.29, 1.82) is 0 Å². The minimum Gasteiger partial charge on any atom is -0.493 e. The number of hydrogen-bond acceptors (Lipinski definition) is 7. The summed E-state index contributed by atoms with van der Waals surface area (Å²) in [5, 5.41) is 8.19. The van der Waals surface area contributed by atoms with Gasteiger partial charge in [0.15, 0.2) is 5.58 Å². The number of rotatable bonds is 13. The molecule has 1 aliphatic carbocycles. The molecule has 2 fully saturated rings. The zero-order valence-corrected chi connectivity index (χ0v) is 33.5. The van der Waals surface area contributed by atoms with Crippen LogP contribution in [0.4, 0.5) is 4.79 Å². The van der Waals surface area contributed by atoms with Crippen LogP contribution in [-0.2, 0) is 22.1 Å². The second-order valence-electron chi connectivity index (χ2n) is 17.2. The summed E-state index contributed by atoms with van der Waals surface area (Å²) in [6.45, 7) is 15.5. The lowest BCUT2D eigenvalue weighted by Gasteiger charge is -2.34. The van der Waals surface area contributed by atoms with Gasteiger partial charge in [-0.1, -0.05) is 86.6 Å². The minimum atomic E-state index is -1.43. The van der Waals surface area contributed by atoms with E-state index in [1.165, 1.54) is 10.4 Å². The van der Waals surface area contributed by atoms with Gasteiger partial charge in [-0.2, -0.15) is 0 Å². The van der Waals surface area contributed by atoms with Crippen LogP contribution in [-0.4, -0.2) is 75.6 Å². The van der Waals surface area contributed by atoms with Crippen LogP contribution < -0.4 is 15.1 Å². The van der Waals surface area contributed by atoms with Gasteiger partial charge in [-0.3, -0.25) is 0 Å². The van der Waals surface area contributed by atoms with Crippen LogP contribution >= 0.6 is 0 Å². The van der Waals surface area contributed by atoms with Gasteiger partial charge in [0, 0.05) is 25.0 Å². The number of fused-ring (bicyclic) bond motifs is 1. The van der Waals surface area contributed by atoms with Crippen molar-refractivity contribution in [1.82, 2.24) is 15.0 Å². The van der Waals surface area contributed by atoms with Crippen molar-refractivity contribution in [2.24, 2.45) is 23.2 Å². The Hall–Kier alpha value is -3.66. The maximum Gasteiger partial charge on any atom is 0.410 e. The van der Waals surface area contributed by atoms with E-state index in [1.807, 2.05) is 25.7 Å². The van der Waals surface area contributed by atoms with E-state index in [9.17, 15) is 4.79 Å². The van der Waals surface area contributed by atoms with Crippen LogP contribution in [0.3, 0.4) is 0 Å². The molecule has 0 bridgehead atoms. The third-order valence-electron chi connectivity index (χ3n) is 10.3. The first kappa shape index (κ1) is 38.1. The van der Waals surface area contributed by atoms with E-state index in [0.717, 1.165) is 73.2 Å². The van der Waals surface area contributed by atoms with Crippen molar-refractivity contribution < 1.29 is 23.2 Å². The lowest BCUT2D eigenvalue weighted by atomic mass is 9.85. The molecule has 1 aromatic heterocycles. The third kappa shape index (κ3) is 9.65. The summed E-state index contributed by atoms with van der Waals surface area (Å²) >= 11 is 0. The number of nitrogens with zero attached hydrogens (tertiary/aromatic N) is 3. The van der Waals surface area contributed by atoms with E-state index >= 15 is 0 Å². The number of hydrogen-bond donors (Lipinski definition) is 0. The van der Waals surface area contributed by atoms with Crippen LogP contribution in [0.5, 0.6) is 5.75 Å². The highest BCUT2D eigenvalue weighted by molar-refractivity contribution is 6.80. The summed E-state index contributed by atoms with van der Waals surface area (Å²) < 4.78 is 25.5. The number of likely N-dealkylation sites (tertiary alicyclic amines) is 1. The fourth-order valence-corrected chi connectivity index (χ4v) is 9.87. The highest BCUT2D eigenvalue weighted by Crippen LogP contribution is 2.48. The Bertz CT molecular complexity index is 1720. The van der Waals surface area contributed by atoms with Crippen molar-refractivity contribution in [2.45, 2.75) is 91.9 Å². The standard InChI is InChI=1S/C43H58N3O5Si/c1-42(2,3)40(51-52(32-15-11-9-12-16-32)33-17-13-10-14-18-33)35-27-31(35)29-48-38-22-20-34-37(44-50-39(34)36(38)28-45(7)8)21-19-30-23-25-46(26-24-30)41(47)49-43(4,5)6/h9-18,20,22,30-31,35,40H,19,21,23-29H2,1-8H3/t31-,35-,40?/m0/s1. The molecule has 3 aromatic carbocycles. The second-order valence-corrected chi connectivity index (χ2v) is 19.2. The number of carbonyl (C=O) groups excluding carboxylic acids is 1. The first-order valence-corrected chi connectivity index (χ1v) is 20.5. The Morgan fingerprint density at radius 3 is 2.15 bits per heavy atom. The van der Waals surface area contributed by atoms with Crippen molar-refractivity contribution >= 4 is 36.5 Å². The second kappa shape index (κ2) is 16.1. The molecule has 1 saturated carbocycles. The first-order chi connectivity index (χ1) is 24.8. The van der Waals surface area contributed by atoms with Gasteiger partial charge < -0.3 is 28.2 Å². The molecule has 8 nitrogen and oxygen atoms in total. The highest BCUT2D eigenvalue weighted by atomic mass is 28.3. The van der Waals surface area contributed by atoms with Gasteiger partial charge in [0.1, 0.15) is 11.4 Å². The molecule has 1 radical (unpaired) electrons. The van der Waals surface area contributed by atoms with E-state index in [0.29, 0.717) is 30.9 Å². The van der Waals surface area contributed by atoms with Crippen LogP contribution in [0.1, 0.15) is 78.5 Å². The van der Waals surface area contributed by atoms with E-state index in [4.69, 9.17) is 18.4 Å². The molecule has 2 aliphatic rings. The van der Waals surface area contributed by atoms with E-state index in [1.54, 1.807) is 0 Å². The van der Waals surface area contributed by atoms with Crippen molar-refractivity contribution in [2.75, 3.05) is 33.8 Å². The minimum absolute atomic E-state index is 0.0147. The summed E-state index contributed by atoms with van der Waals surface area (Å²) in [6, 6.07) is 25.7. The average molecular weight is 725 g/mol. The van der Waals surface area contributed by atoms with Crippen molar-refractivity contribution in [3.8, 4) is 5.75 Å². The Balaban J connectivity index is 1.10. The topological polar surface area (TPSA) is 77.3 Å².